The summed E-state index contributed by atoms with van der Waals surface area (Å²) >= 11 is 4.82. The van der Waals surface area contributed by atoms with Crippen LogP contribution in [0.2, 0.25) is 0 Å². The van der Waals surface area contributed by atoms with Gasteiger partial charge in [-0.05, 0) is 40.4 Å². The highest BCUT2D eigenvalue weighted by molar-refractivity contribution is 9.11. The Bertz CT molecular complexity index is 384. The molecule has 1 amide bonds. The molecular formula is C12H20BrClN2OS. The lowest BCUT2D eigenvalue weighted by molar-refractivity contribution is 0.0794. The van der Waals surface area contributed by atoms with Gasteiger partial charge in [0.25, 0.3) is 5.91 Å². The molecule has 1 unspecified atom stereocenters. The largest absolute Gasteiger partial charge is 0.341 e. The van der Waals surface area contributed by atoms with Gasteiger partial charge in [0.15, 0.2) is 0 Å². The summed E-state index contributed by atoms with van der Waals surface area (Å²) in [7, 11) is 1.82. The third-order valence-electron chi connectivity index (χ3n) is 2.78. The molecular weight excluding hydrogens is 336 g/mol. The van der Waals surface area contributed by atoms with E-state index in [4.69, 9.17) is 5.73 Å². The monoisotopic (exact) mass is 354 g/mol. The molecule has 1 rings (SSSR count). The summed E-state index contributed by atoms with van der Waals surface area (Å²) in [4.78, 5) is 14.5. The molecule has 1 heterocycles. The molecule has 0 radical (unpaired) electrons. The molecule has 0 spiro atoms. The number of nitrogens with two attached hydrogens (primary N) is 1. The molecule has 0 aliphatic heterocycles. The number of hydrogen-bond acceptors (Lipinski definition) is 3. The predicted octanol–water partition coefficient (Wildman–Crippen LogP) is 3.38. The van der Waals surface area contributed by atoms with Crippen molar-refractivity contribution < 1.29 is 4.79 Å². The molecule has 18 heavy (non-hydrogen) atoms. The minimum atomic E-state index is 0. The normalized spacial score (nSPS) is 12.1. The number of carbonyl (C=O) groups excluding carboxylic acids is 1. The highest BCUT2D eigenvalue weighted by Crippen LogP contribution is 2.23. The molecule has 0 saturated carbocycles. The van der Waals surface area contributed by atoms with Crippen molar-refractivity contribution >= 4 is 45.6 Å². The van der Waals surface area contributed by atoms with Gasteiger partial charge in [0.05, 0.1) is 8.66 Å². The first-order valence-corrected chi connectivity index (χ1v) is 7.29. The van der Waals surface area contributed by atoms with Gasteiger partial charge in [-0.15, -0.1) is 23.7 Å². The van der Waals surface area contributed by atoms with E-state index >= 15 is 0 Å². The van der Waals surface area contributed by atoms with E-state index in [1.807, 2.05) is 19.2 Å². The van der Waals surface area contributed by atoms with Crippen molar-refractivity contribution in [2.75, 3.05) is 13.6 Å². The van der Waals surface area contributed by atoms with E-state index < -0.39 is 0 Å². The Morgan fingerprint density at radius 1 is 1.50 bits per heavy atom. The van der Waals surface area contributed by atoms with E-state index in [0.29, 0.717) is 12.5 Å². The quantitative estimate of drug-likeness (QED) is 0.880. The number of carbonyl (C=O) groups is 1. The summed E-state index contributed by atoms with van der Waals surface area (Å²) in [5.74, 6) is 0.519. The van der Waals surface area contributed by atoms with Gasteiger partial charge in [-0.2, -0.15) is 0 Å². The molecule has 0 aliphatic carbocycles. The molecule has 1 aromatic heterocycles. The molecule has 104 valence electrons. The lowest BCUT2D eigenvalue weighted by atomic mass is 10.0. The van der Waals surface area contributed by atoms with Gasteiger partial charge in [-0.1, -0.05) is 13.8 Å². The van der Waals surface area contributed by atoms with Gasteiger partial charge in [-0.3, -0.25) is 4.79 Å². The Labute approximate surface area is 127 Å². The maximum atomic E-state index is 12.0. The first-order valence-electron chi connectivity index (χ1n) is 5.68. The number of hydrogen-bond donors (Lipinski definition) is 1. The number of nitrogens with zero attached hydrogens (tertiary/aromatic N) is 1. The Morgan fingerprint density at radius 3 is 2.56 bits per heavy atom. The van der Waals surface area contributed by atoms with E-state index in [2.05, 4.69) is 29.8 Å². The van der Waals surface area contributed by atoms with Crippen molar-refractivity contribution in [1.29, 1.82) is 0 Å². The molecule has 0 fully saturated rings. The topological polar surface area (TPSA) is 46.3 Å². The van der Waals surface area contributed by atoms with Crippen molar-refractivity contribution in [3.05, 3.63) is 20.8 Å². The highest BCUT2D eigenvalue weighted by atomic mass is 79.9. The van der Waals surface area contributed by atoms with E-state index in [1.54, 1.807) is 4.90 Å². The summed E-state index contributed by atoms with van der Waals surface area (Å²) in [5.41, 5.74) is 5.96. The summed E-state index contributed by atoms with van der Waals surface area (Å²) in [6.07, 6.45) is 0.840. The van der Waals surface area contributed by atoms with Crippen molar-refractivity contribution in [2.45, 2.75) is 26.3 Å². The molecule has 1 aromatic rings. The maximum Gasteiger partial charge on any atom is 0.263 e. The molecule has 0 aliphatic rings. The van der Waals surface area contributed by atoms with Crippen LogP contribution in [0.3, 0.4) is 0 Å². The first-order chi connectivity index (χ1) is 7.91. The van der Waals surface area contributed by atoms with Crippen LogP contribution in [0.4, 0.5) is 0 Å². The molecule has 1 atom stereocenters. The third-order valence-corrected chi connectivity index (χ3v) is 4.40. The molecule has 0 bridgehead atoms. The van der Waals surface area contributed by atoms with E-state index in [-0.39, 0.29) is 24.4 Å². The lowest BCUT2D eigenvalue weighted by Gasteiger charge is -2.21. The van der Waals surface area contributed by atoms with E-state index in [1.165, 1.54) is 11.3 Å². The molecule has 3 nitrogen and oxygen atoms in total. The minimum absolute atomic E-state index is 0. The summed E-state index contributed by atoms with van der Waals surface area (Å²) in [6, 6.07) is 3.89. The zero-order valence-electron chi connectivity index (χ0n) is 10.9. The predicted molar refractivity (Wildman–Crippen MR) is 83.7 cm³/mol. The third kappa shape index (κ3) is 5.26. The summed E-state index contributed by atoms with van der Waals surface area (Å²) in [6.45, 7) is 4.90. The molecule has 0 aromatic carbocycles. The van der Waals surface area contributed by atoms with Gasteiger partial charge in [0, 0.05) is 19.6 Å². The number of amides is 1. The fourth-order valence-electron chi connectivity index (χ4n) is 1.39. The SMILES string of the molecule is CC(C)C(N)CCN(C)C(=O)c1ccc(Br)s1.Cl. The van der Waals surface area contributed by atoms with E-state index in [9.17, 15) is 4.79 Å². The number of thiophene rings is 1. The number of halogens is 2. The fourth-order valence-corrected chi connectivity index (χ4v) is 2.78. The van der Waals surface area contributed by atoms with Crippen LogP contribution in [0.1, 0.15) is 29.9 Å². The standard InChI is InChI=1S/C12H19BrN2OS.ClH/c1-8(2)9(14)6-7-15(3)12(16)10-4-5-11(13)17-10;/h4-5,8-9H,6-7,14H2,1-3H3;1H. The average molecular weight is 356 g/mol. The van der Waals surface area contributed by atoms with Crippen LogP contribution in [0.25, 0.3) is 0 Å². The summed E-state index contributed by atoms with van der Waals surface area (Å²) < 4.78 is 0.980. The Kier molecular flexibility index (Phi) is 8.10. The van der Waals surface area contributed by atoms with Crippen LogP contribution in [0.15, 0.2) is 15.9 Å². The first kappa shape index (κ1) is 17.9. The van der Waals surface area contributed by atoms with Crippen LogP contribution in [-0.4, -0.2) is 30.4 Å². The second-order valence-corrected chi connectivity index (χ2v) is 6.99. The zero-order valence-corrected chi connectivity index (χ0v) is 14.1. The zero-order chi connectivity index (χ0) is 13.0. The van der Waals surface area contributed by atoms with Crippen LogP contribution in [0.5, 0.6) is 0 Å². The van der Waals surface area contributed by atoms with Crippen molar-refractivity contribution in [3.63, 3.8) is 0 Å². The molecule has 2 N–H and O–H groups in total. The van der Waals surface area contributed by atoms with Crippen molar-refractivity contribution in [2.24, 2.45) is 11.7 Å². The van der Waals surface area contributed by atoms with Crippen LogP contribution in [0, 0.1) is 5.92 Å². The Hall–Kier alpha value is -0.100. The Morgan fingerprint density at radius 2 is 2.11 bits per heavy atom. The van der Waals surface area contributed by atoms with Gasteiger partial charge in [0.1, 0.15) is 0 Å². The second kappa shape index (κ2) is 8.15. The van der Waals surface area contributed by atoms with Gasteiger partial charge < -0.3 is 10.6 Å². The average Bonchev–Trinajstić information content (AvgIpc) is 2.70. The number of rotatable bonds is 5. The van der Waals surface area contributed by atoms with Crippen LogP contribution >= 0.6 is 39.7 Å². The smallest absolute Gasteiger partial charge is 0.263 e. The molecule has 6 heteroatoms. The van der Waals surface area contributed by atoms with Gasteiger partial charge in [0.2, 0.25) is 0 Å². The van der Waals surface area contributed by atoms with Crippen LogP contribution in [-0.2, 0) is 0 Å². The minimum Gasteiger partial charge on any atom is -0.341 e. The summed E-state index contributed by atoms with van der Waals surface area (Å²) in [5, 5.41) is 0. The van der Waals surface area contributed by atoms with Gasteiger partial charge in [-0.25, -0.2) is 0 Å². The fraction of sp³-hybridized carbons (Fsp3) is 0.583. The van der Waals surface area contributed by atoms with Gasteiger partial charge >= 0.3 is 0 Å². The second-order valence-electron chi connectivity index (χ2n) is 4.53. The van der Waals surface area contributed by atoms with E-state index in [0.717, 1.165) is 15.1 Å². The van der Waals surface area contributed by atoms with Crippen LogP contribution < -0.4 is 5.73 Å². The molecule has 0 saturated heterocycles. The lowest BCUT2D eigenvalue weighted by Crippen LogP contribution is -2.34. The maximum absolute atomic E-state index is 12.0. The Balaban J connectivity index is 0.00000289. The van der Waals surface area contributed by atoms with Crippen molar-refractivity contribution in [1.82, 2.24) is 4.90 Å². The highest BCUT2D eigenvalue weighted by Gasteiger charge is 2.15. The van der Waals surface area contributed by atoms with Crippen molar-refractivity contribution in [3.8, 4) is 0 Å².